The fourth-order valence-electron chi connectivity index (χ4n) is 5.40. The number of amides is 2. The van der Waals surface area contributed by atoms with Crippen molar-refractivity contribution < 1.29 is 14.7 Å². The summed E-state index contributed by atoms with van der Waals surface area (Å²) in [6, 6.07) is 9.94. The quantitative estimate of drug-likeness (QED) is 0.377. The minimum atomic E-state index is -0.945. The molecule has 206 valence electrons. The van der Waals surface area contributed by atoms with Crippen LogP contribution in [0.3, 0.4) is 0 Å². The molecule has 2 atom stereocenters. The Balaban J connectivity index is 1.49. The predicted octanol–water partition coefficient (Wildman–Crippen LogP) is 5.88. The molecule has 0 radical (unpaired) electrons. The number of rotatable bonds is 9. The lowest BCUT2D eigenvalue weighted by Gasteiger charge is -2.38. The summed E-state index contributed by atoms with van der Waals surface area (Å²) in [5.41, 5.74) is 0.456. The Labute approximate surface area is 244 Å². The van der Waals surface area contributed by atoms with Crippen molar-refractivity contribution in [1.29, 1.82) is 0 Å². The first-order valence-corrected chi connectivity index (χ1v) is 14.5. The molecule has 0 aliphatic carbocycles. The van der Waals surface area contributed by atoms with E-state index in [1.165, 1.54) is 0 Å². The number of nitrogens with one attached hydrogen (secondary N) is 1. The lowest BCUT2D eigenvalue weighted by Crippen LogP contribution is -2.49. The summed E-state index contributed by atoms with van der Waals surface area (Å²) in [5.74, 6) is 0.0336. The number of benzene rings is 2. The van der Waals surface area contributed by atoms with Crippen molar-refractivity contribution in [2.45, 2.75) is 56.5 Å². The van der Waals surface area contributed by atoms with Crippen LogP contribution in [-0.4, -0.2) is 65.5 Å². The van der Waals surface area contributed by atoms with Crippen LogP contribution >= 0.6 is 46.4 Å². The normalized spacial score (nSPS) is 19.4. The summed E-state index contributed by atoms with van der Waals surface area (Å²) in [4.78, 5) is 30.4. The fourth-order valence-corrected chi connectivity index (χ4v) is 6.01. The van der Waals surface area contributed by atoms with Gasteiger partial charge < -0.3 is 20.2 Å². The van der Waals surface area contributed by atoms with Crippen LogP contribution in [0.4, 0.5) is 0 Å². The van der Waals surface area contributed by atoms with Crippen LogP contribution < -0.4 is 5.32 Å². The van der Waals surface area contributed by atoms with Crippen LogP contribution in [0.2, 0.25) is 20.1 Å². The van der Waals surface area contributed by atoms with Crippen molar-refractivity contribution in [2.75, 3.05) is 32.8 Å². The van der Waals surface area contributed by atoms with Gasteiger partial charge in [-0.2, -0.15) is 0 Å². The standard InChI is InChI=1S/C28H33Cl4N3O3/c1-28(19-5-7-22(30)24(32)16-19,27(38)33-25(17-36)18-4-6-21(29)23(31)15-18)10-14-34-12-8-20(9-13-34)35-11-2-3-26(35)37/h4-7,15-16,20,25,36H,2-3,8-14,17H2,1H3,(H,33,38)/t25-,28?/m0/s1. The Hall–Kier alpha value is -1.54. The molecule has 0 bridgehead atoms. The average molecular weight is 601 g/mol. The summed E-state index contributed by atoms with van der Waals surface area (Å²) >= 11 is 24.8. The number of nitrogens with zero attached hydrogens (tertiary/aromatic N) is 2. The van der Waals surface area contributed by atoms with Crippen molar-refractivity contribution in [3.63, 3.8) is 0 Å². The minimum Gasteiger partial charge on any atom is -0.394 e. The van der Waals surface area contributed by atoms with Gasteiger partial charge in [0.2, 0.25) is 11.8 Å². The second-order valence-corrected chi connectivity index (χ2v) is 12.0. The highest BCUT2D eigenvalue weighted by atomic mass is 35.5. The molecule has 0 spiro atoms. The van der Waals surface area contributed by atoms with Crippen LogP contribution in [0.1, 0.15) is 56.2 Å². The maximum atomic E-state index is 13.9. The molecule has 2 amide bonds. The predicted molar refractivity (Wildman–Crippen MR) is 153 cm³/mol. The van der Waals surface area contributed by atoms with E-state index >= 15 is 0 Å². The van der Waals surface area contributed by atoms with E-state index in [0.717, 1.165) is 44.5 Å². The van der Waals surface area contributed by atoms with Crippen LogP contribution in [0.5, 0.6) is 0 Å². The lowest BCUT2D eigenvalue weighted by atomic mass is 9.78. The van der Waals surface area contributed by atoms with Crippen LogP contribution in [0.15, 0.2) is 36.4 Å². The highest BCUT2D eigenvalue weighted by Gasteiger charge is 2.38. The van der Waals surface area contributed by atoms with E-state index in [4.69, 9.17) is 46.4 Å². The molecule has 6 nitrogen and oxygen atoms in total. The molecule has 2 heterocycles. The molecule has 2 aliphatic rings. The molecule has 2 saturated heterocycles. The second-order valence-electron chi connectivity index (χ2n) is 10.4. The van der Waals surface area contributed by atoms with E-state index in [1.807, 2.05) is 17.9 Å². The number of piperidine rings is 1. The van der Waals surface area contributed by atoms with Gasteiger partial charge >= 0.3 is 0 Å². The van der Waals surface area contributed by atoms with Crippen molar-refractivity contribution in [3.8, 4) is 0 Å². The number of carbonyl (C=O) groups is 2. The van der Waals surface area contributed by atoms with Gasteiger partial charge in [0, 0.05) is 32.1 Å². The molecular formula is C28H33Cl4N3O3. The number of aliphatic hydroxyl groups excluding tert-OH is 1. The number of halogens is 4. The molecule has 0 saturated carbocycles. The third kappa shape index (κ3) is 6.60. The van der Waals surface area contributed by atoms with E-state index < -0.39 is 11.5 Å². The number of aliphatic hydroxyl groups is 1. The third-order valence-corrected chi connectivity index (χ3v) is 9.41. The zero-order valence-electron chi connectivity index (χ0n) is 21.4. The lowest BCUT2D eigenvalue weighted by molar-refractivity contribution is -0.131. The topological polar surface area (TPSA) is 72.9 Å². The number of likely N-dealkylation sites (tertiary alicyclic amines) is 2. The molecule has 2 aliphatic heterocycles. The summed E-state index contributed by atoms with van der Waals surface area (Å²) in [5, 5.41) is 14.7. The Kier molecular flexibility index (Phi) is 9.88. The molecule has 0 aromatic heterocycles. The van der Waals surface area contributed by atoms with Crippen molar-refractivity contribution in [3.05, 3.63) is 67.6 Å². The zero-order chi connectivity index (χ0) is 27.4. The van der Waals surface area contributed by atoms with Gasteiger partial charge in [-0.05, 0) is 74.5 Å². The average Bonchev–Trinajstić information content (AvgIpc) is 3.34. The van der Waals surface area contributed by atoms with Gasteiger partial charge in [0.05, 0.1) is 38.2 Å². The first-order valence-electron chi connectivity index (χ1n) is 13.0. The maximum Gasteiger partial charge on any atom is 0.230 e. The minimum absolute atomic E-state index is 0.237. The Morgan fingerprint density at radius 1 is 1.03 bits per heavy atom. The van der Waals surface area contributed by atoms with E-state index in [9.17, 15) is 14.7 Å². The molecule has 2 fully saturated rings. The Morgan fingerprint density at radius 3 is 2.26 bits per heavy atom. The highest BCUT2D eigenvalue weighted by molar-refractivity contribution is 6.42. The second kappa shape index (κ2) is 12.8. The summed E-state index contributed by atoms with van der Waals surface area (Å²) in [6.07, 6.45) is 4.02. The molecule has 38 heavy (non-hydrogen) atoms. The largest absolute Gasteiger partial charge is 0.394 e. The molecule has 2 N–H and O–H groups in total. The fraction of sp³-hybridized carbons (Fsp3) is 0.500. The number of hydrogen-bond donors (Lipinski definition) is 2. The van der Waals surface area contributed by atoms with Gasteiger partial charge in [0.15, 0.2) is 0 Å². The van der Waals surface area contributed by atoms with Gasteiger partial charge in [0.1, 0.15) is 0 Å². The third-order valence-electron chi connectivity index (χ3n) is 7.93. The van der Waals surface area contributed by atoms with E-state index in [-0.39, 0.29) is 18.4 Å². The van der Waals surface area contributed by atoms with Crippen molar-refractivity contribution in [2.24, 2.45) is 0 Å². The van der Waals surface area contributed by atoms with Crippen LogP contribution in [-0.2, 0) is 15.0 Å². The summed E-state index contributed by atoms with van der Waals surface area (Å²) in [7, 11) is 0. The first kappa shape index (κ1) is 29.4. The maximum absolute atomic E-state index is 13.9. The van der Waals surface area contributed by atoms with E-state index in [0.29, 0.717) is 51.1 Å². The smallest absolute Gasteiger partial charge is 0.230 e. The molecular weight excluding hydrogens is 568 g/mol. The summed E-state index contributed by atoms with van der Waals surface area (Å²) < 4.78 is 0. The Bertz CT molecular complexity index is 1170. The highest BCUT2D eigenvalue weighted by Crippen LogP contribution is 2.35. The molecule has 2 aromatic rings. The summed E-state index contributed by atoms with van der Waals surface area (Å²) in [6.45, 7) is 4.89. The van der Waals surface area contributed by atoms with Crippen molar-refractivity contribution in [1.82, 2.24) is 15.1 Å². The van der Waals surface area contributed by atoms with E-state index in [2.05, 4.69) is 10.2 Å². The van der Waals surface area contributed by atoms with Crippen molar-refractivity contribution >= 4 is 58.2 Å². The molecule has 4 rings (SSSR count). The zero-order valence-corrected chi connectivity index (χ0v) is 24.4. The van der Waals surface area contributed by atoms with Crippen LogP contribution in [0.25, 0.3) is 0 Å². The van der Waals surface area contributed by atoms with Gasteiger partial charge in [0.25, 0.3) is 0 Å². The SMILES string of the molecule is CC(CCN1CCC(N2CCCC2=O)CC1)(C(=O)N[C@@H](CO)c1ccc(Cl)c(Cl)c1)c1ccc(Cl)c(Cl)c1. The van der Waals surface area contributed by atoms with Gasteiger partial charge in [-0.15, -0.1) is 0 Å². The first-order chi connectivity index (χ1) is 18.1. The monoisotopic (exact) mass is 599 g/mol. The Morgan fingerprint density at radius 2 is 1.68 bits per heavy atom. The van der Waals surface area contributed by atoms with Gasteiger partial charge in [-0.1, -0.05) is 58.5 Å². The molecule has 2 aromatic carbocycles. The number of carbonyl (C=O) groups excluding carboxylic acids is 2. The molecule has 1 unspecified atom stereocenters. The van der Waals surface area contributed by atoms with Crippen LogP contribution in [0, 0.1) is 0 Å². The number of hydrogen-bond acceptors (Lipinski definition) is 4. The van der Waals surface area contributed by atoms with Gasteiger partial charge in [-0.25, -0.2) is 0 Å². The molecule has 10 heteroatoms. The van der Waals surface area contributed by atoms with E-state index in [1.54, 1.807) is 30.3 Å². The van der Waals surface area contributed by atoms with Gasteiger partial charge in [-0.3, -0.25) is 9.59 Å².